The molecule has 0 bridgehead atoms. The van der Waals surface area contributed by atoms with E-state index in [4.69, 9.17) is 25.7 Å². The normalized spacial score (nSPS) is 19.8. The fraction of sp³-hybridized carbons (Fsp3) is 0.280. The maximum atomic E-state index is 13.3. The first-order valence-electron chi connectivity index (χ1n) is 11.0. The minimum absolute atomic E-state index is 0.0279. The number of para-hydroxylation sites is 1. The maximum Gasteiger partial charge on any atom is 0.251 e. The zero-order chi connectivity index (χ0) is 22.9. The summed E-state index contributed by atoms with van der Waals surface area (Å²) in [7, 11) is 0. The van der Waals surface area contributed by atoms with E-state index in [1.165, 1.54) is 0 Å². The lowest BCUT2D eigenvalue weighted by molar-refractivity contribution is -0.135. The molecule has 3 aromatic rings. The summed E-state index contributed by atoms with van der Waals surface area (Å²) in [6, 6.07) is 15.2. The highest BCUT2D eigenvalue weighted by atomic mass is 35.5. The number of benzene rings is 2. The van der Waals surface area contributed by atoms with Crippen molar-refractivity contribution in [2.45, 2.75) is 38.9 Å². The van der Waals surface area contributed by atoms with E-state index in [1.807, 2.05) is 73.6 Å². The Labute approximate surface area is 197 Å². The van der Waals surface area contributed by atoms with E-state index in [-0.39, 0.29) is 18.0 Å². The molecule has 2 aliphatic heterocycles. The number of fused-ring (bicyclic) bond motifs is 1. The zero-order valence-corrected chi connectivity index (χ0v) is 19.2. The number of carbonyl (C=O) groups is 1. The Bertz CT molecular complexity index is 1190. The SMILES string of the molecule is CCOc1ccccc1-c1nc(CN2C=CN3NC(c4ccc(Cl)cc4)CC3C2=O)c(C)o1. The van der Waals surface area contributed by atoms with Gasteiger partial charge < -0.3 is 19.1 Å². The average molecular weight is 465 g/mol. The van der Waals surface area contributed by atoms with Gasteiger partial charge in [-0.2, -0.15) is 0 Å². The number of nitrogens with one attached hydrogen (secondary N) is 1. The molecule has 2 aliphatic rings. The average Bonchev–Trinajstić information content (AvgIpc) is 3.41. The number of nitrogens with zero attached hydrogens (tertiary/aromatic N) is 3. The predicted molar refractivity (Wildman–Crippen MR) is 125 cm³/mol. The van der Waals surface area contributed by atoms with Gasteiger partial charge in [-0.1, -0.05) is 35.9 Å². The molecule has 1 fully saturated rings. The molecule has 170 valence electrons. The van der Waals surface area contributed by atoms with Gasteiger partial charge in [0.1, 0.15) is 23.2 Å². The van der Waals surface area contributed by atoms with E-state index >= 15 is 0 Å². The Morgan fingerprint density at radius 1 is 1.18 bits per heavy atom. The lowest BCUT2D eigenvalue weighted by Crippen LogP contribution is -2.47. The van der Waals surface area contributed by atoms with Crippen molar-refractivity contribution >= 4 is 17.5 Å². The van der Waals surface area contributed by atoms with Crippen LogP contribution in [-0.2, 0) is 11.3 Å². The van der Waals surface area contributed by atoms with Crippen molar-refractivity contribution in [3.63, 3.8) is 0 Å². The molecule has 2 unspecified atom stereocenters. The molecular weight excluding hydrogens is 440 g/mol. The van der Waals surface area contributed by atoms with E-state index in [9.17, 15) is 4.79 Å². The standard InChI is InChI=1S/C25H25ClN4O3/c1-3-32-23-7-5-4-6-19(23)24-27-21(16(2)33-24)15-29-12-13-30-22(25(29)31)14-20(28-30)17-8-10-18(26)11-9-17/h4-13,20,22,28H,3,14-15H2,1-2H3. The summed E-state index contributed by atoms with van der Waals surface area (Å²) in [6.07, 6.45) is 4.37. The summed E-state index contributed by atoms with van der Waals surface area (Å²) in [5.74, 6) is 1.93. The van der Waals surface area contributed by atoms with Crippen molar-refractivity contribution < 1.29 is 13.9 Å². The second-order valence-corrected chi connectivity index (χ2v) is 8.54. The highest BCUT2D eigenvalue weighted by molar-refractivity contribution is 6.30. The molecule has 0 radical (unpaired) electrons. The molecule has 0 spiro atoms. The monoisotopic (exact) mass is 464 g/mol. The molecule has 33 heavy (non-hydrogen) atoms. The lowest BCUT2D eigenvalue weighted by Gasteiger charge is -2.31. The number of aromatic nitrogens is 1. The number of ether oxygens (including phenoxy) is 1. The van der Waals surface area contributed by atoms with Gasteiger partial charge in [-0.15, -0.1) is 0 Å². The number of hydrazine groups is 1. The molecule has 5 rings (SSSR count). The summed E-state index contributed by atoms with van der Waals surface area (Å²) in [5.41, 5.74) is 6.03. The number of aryl methyl sites for hydroxylation is 1. The second-order valence-electron chi connectivity index (χ2n) is 8.11. The Morgan fingerprint density at radius 3 is 2.76 bits per heavy atom. The van der Waals surface area contributed by atoms with Gasteiger partial charge in [0.25, 0.3) is 5.91 Å². The smallest absolute Gasteiger partial charge is 0.251 e. The summed E-state index contributed by atoms with van der Waals surface area (Å²) in [5, 5.41) is 2.58. The van der Waals surface area contributed by atoms with E-state index < -0.39 is 0 Å². The van der Waals surface area contributed by atoms with E-state index in [0.717, 1.165) is 22.6 Å². The summed E-state index contributed by atoms with van der Waals surface area (Å²) >= 11 is 6.01. The van der Waals surface area contributed by atoms with Crippen molar-refractivity contribution in [3.8, 4) is 17.2 Å². The molecule has 0 saturated carbocycles. The Hall–Kier alpha value is -3.29. The van der Waals surface area contributed by atoms with Gasteiger partial charge in [0.2, 0.25) is 5.89 Å². The first kappa shape index (κ1) is 21.6. The van der Waals surface area contributed by atoms with Crippen LogP contribution in [0.2, 0.25) is 5.02 Å². The second kappa shape index (κ2) is 8.92. The van der Waals surface area contributed by atoms with Crippen molar-refractivity contribution in [3.05, 3.63) is 83.0 Å². The van der Waals surface area contributed by atoms with Gasteiger partial charge in [0.05, 0.1) is 24.8 Å². The van der Waals surface area contributed by atoms with Gasteiger partial charge in [-0.25, -0.2) is 10.4 Å². The third-order valence-electron chi connectivity index (χ3n) is 5.98. The first-order valence-corrected chi connectivity index (χ1v) is 11.4. The van der Waals surface area contributed by atoms with Gasteiger partial charge in [0, 0.05) is 17.4 Å². The number of rotatable bonds is 6. The maximum absolute atomic E-state index is 13.3. The van der Waals surface area contributed by atoms with Crippen molar-refractivity contribution in [1.29, 1.82) is 0 Å². The van der Waals surface area contributed by atoms with Crippen molar-refractivity contribution in [2.75, 3.05) is 6.61 Å². The van der Waals surface area contributed by atoms with Crippen molar-refractivity contribution in [1.82, 2.24) is 20.3 Å². The largest absolute Gasteiger partial charge is 0.493 e. The molecule has 7 nitrogen and oxygen atoms in total. The summed E-state index contributed by atoms with van der Waals surface area (Å²) in [6.45, 7) is 4.71. The number of hydrogen-bond acceptors (Lipinski definition) is 6. The molecule has 3 heterocycles. The quantitative estimate of drug-likeness (QED) is 0.563. The van der Waals surface area contributed by atoms with Gasteiger partial charge >= 0.3 is 0 Å². The molecule has 1 amide bonds. The van der Waals surface area contributed by atoms with E-state index in [1.54, 1.807) is 11.1 Å². The number of hydrogen-bond donors (Lipinski definition) is 1. The predicted octanol–water partition coefficient (Wildman–Crippen LogP) is 4.84. The lowest BCUT2D eigenvalue weighted by atomic mass is 10.0. The summed E-state index contributed by atoms with van der Waals surface area (Å²) < 4.78 is 11.7. The fourth-order valence-corrected chi connectivity index (χ4v) is 4.38. The van der Waals surface area contributed by atoms with Gasteiger partial charge in [-0.05, 0) is 50.1 Å². The molecule has 1 saturated heterocycles. The Balaban J connectivity index is 1.32. The van der Waals surface area contributed by atoms with Crippen LogP contribution in [0, 0.1) is 6.92 Å². The van der Waals surface area contributed by atoms with E-state index in [2.05, 4.69) is 5.43 Å². The van der Waals surface area contributed by atoms with Crippen LogP contribution in [0.3, 0.4) is 0 Å². The zero-order valence-electron chi connectivity index (χ0n) is 18.5. The number of halogens is 1. The van der Waals surface area contributed by atoms with Crippen LogP contribution in [-0.4, -0.2) is 33.4 Å². The molecule has 2 aromatic carbocycles. The number of carbonyl (C=O) groups excluding carboxylic acids is 1. The van der Waals surface area contributed by atoms with Crippen LogP contribution in [0.1, 0.15) is 36.4 Å². The minimum atomic E-state index is -0.277. The van der Waals surface area contributed by atoms with Gasteiger partial charge in [0.15, 0.2) is 0 Å². The fourth-order valence-electron chi connectivity index (χ4n) is 4.26. The molecule has 0 aliphatic carbocycles. The third kappa shape index (κ3) is 4.21. The highest BCUT2D eigenvalue weighted by Gasteiger charge is 2.40. The van der Waals surface area contributed by atoms with Crippen LogP contribution in [0.25, 0.3) is 11.5 Å². The van der Waals surface area contributed by atoms with Crippen LogP contribution in [0.4, 0.5) is 0 Å². The van der Waals surface area contributed by atoms with Crippen LogP contribution in [0.5, 0.6) is 5.75 Å². The Kier molecular flexibility index (Phi) is 5.83. The van der Waals surface area contributed by atoms with Crippen molar-refractivity contribution in [2.24, 2.45) is 0 Å². The Morgan fingerprint density at radius 2 is 1.97 bits per heavy atom. The van der Waals surface area contributed by atoms with Crippen LogP contribution >= 0.6 is 11.6 Å². The number of amides is 1. The van der Waals surface area contributed by atoms with Crippen LogP contribution in [0.15, 0.2) is 65.3 Å². The number of oxazole rings is 1. The topological polar surface area (TPSA) is 70.8 Å². The first-order chi connectivity index (χ1) is 16.0. The molecule has 8 heteroatoms. The minimum Gasteiger partial charge on any atom is -0.493 e. The highest BCUT2D eigenvalue weighted by Crippen LogP contribution is 2.33. The summed E-state index contributed by atoms with van der Waals surface area (Å²) in [4.78, 5) is 19.7. The molecule has 2 atom stereocenters. The third-order valence-corrected chi connectivity index (χ3v) is 6.23. The van der Waals surface area contributed by atoms with E-state index in [0.29, 0.717) is 36.2 Å². The molecule has 1 aromatic heterocycles. The molecule has 1 N–H and O–H groups in total. The van der Waals surface area contributed by atoms with Crippen LogP contribution < -0.4 is 10.2 Å². The molecular formula is C25H25ClN4O3. The van der Waals surface area contributed by atoms with Gasteiger partial charge in [-0.3, -0.25) is 4.79 Å².